The minimum atomic E-state index is -0.787. The predicted octanol–water partition coefficient (Wildman–Crippen LogP) is 4.92. The molecule has 0 aromatic rings. The molecule has 4 aliphatic carbocycles. The smallest absolute Gasteiger partial charge is 0.331 e. The van der Waals surface area contributed by atoms with Crippen molar-refractivity contribution in [2.45, 2.75) is 85.1 Å². The summed E-state index contributed by atoms with van der Waals surface area (Å²) in [4.78, 5) is 36.1. The largest absolute Gasteiger partial charge is 0.478 e. The van der Waals surface area contributed by atoms with E-state index in [1.165, 1.54) is 5.57 Å². The third-order valence-electron chi connectivity index (χ3n) is 9.98. The van der Waals surface area contributed by atoms with Crippen LogP contribution in [-0.4, -0.2) is 29.3 Å². The van der Waals surface area contributed by atoms with Gasteiger partial charge in [-0.05, 0) is 91.6 Å². The van der Waals surface area contributed by atoms with Gasteiger partial charge in [0.1, 0.15) is 6.29 Å². The molecule has 2 N–H and O–H groups in total. The molecule has 0 aromatic heterocycles. The van der Waals surface area contributed by atoms with E-state index in [2.05, 4.69) is 25.2 Å². The van der Waals surface area contributed by atoms with Crippen LogP contribution in [0.3, 0.4) is 0 Å². The van der Waals surface area contributed by atoms with E-state index in [-0.39, 0.29) is 34.6 Å². The highest BCUT2D eigenvalue weighted by Crippen LogP contribution is 2.66. The molecule has 0 spiro atoms. The van der Waals surface area contributed by atoms with Crippen molar-refractivity contribution in [1.29, 1.82) is 0 Å². The molecule has 2 saturated carbocycles. The first kappa shape index (κ1) is 23.3. The van der Waals surface area contributed by atoms with Gasteiger partial charge in [0.25, 0.3) is 0 Å². The number of carboxylic acid groups (broad SMARTS) is 1. The van der Waals surface area contributed by atoms with Crippen LogP contribution in [0.2, 0.25) is 0 Å². The number of fused-ring (bicyclic) bond motifs is 5. The Hall–Kier alpha value is -1.91. The van der Waals surface area contributed by atoms with E-state index in [1.54, 1.807) is 0 Å². The molecule has 0 aliphatic heterocycles. The molecule has 1 amide bonds. The lowest BCUT2D eigenvalue weighted by molar-refractivity contribution is -0.133. The molecule has 0 radical (unpaired) electrons. The summed E-state index contributed by atoms with van der Waals surface area (Å²) >= 11 is 0. The number of carboxylic acids is 1. The van der Waals surface area contributed by atoms with Crippen LogP contribution in [-0.2, 0) is 14.4 Å². The molecule has 4 rings (SSSR count). The summed E-state index contributed by atoms with van der Waals surface area (Å²) in [6.07, 6.45) is 12.7. The Morgan fingerprint density at radius 3 is 2.62 bits per heavy atom. The van der Waals surface area contributed by atoms with Crippen LogP contribution in [0.1, 0.15) is 79.1 Å². The zero-order valence-corrected chi connectivity index (χ0v) is 20.0. The Morgan fingerprint density at radius 2 is 1.97 bits per heavy atom. The summed E-state index contributed by atoms with van der Waals surface area (Å²) in [5.74, 6) is 0.860. The number of aliphatic carboxylic acids is 1. The predicted molar refractivity (Wildman–Crippen MR) is 124 cm³/mol. The molecular formula is C27H39NO4. The first-order valence-electron chi connectivity index (χ1n) is 12.6. The molecule has 8 atom stereocenters. The molecule has 0 heterocycles. The molecule has 5 nitrogen and oxygen atoms in total. The number of rotatable bonds is 6. The minimum absolute atomic E-state index is 0.00634. The van der Waals surface area contributed by atoms with Crippen LogP contribution in [0.25, 0.3) is 0 Å². The van der Waals surface area contributed by atoms with E-state index >= 15 is 0 Å². The number of carbonyl (C=O) groups is 3. The van der Waals surface area contributed by atoms with Gasteiger partial charge >= 0.3 is 5.97 Å². The number of aldehydes is 1. The second-order valence-corrected chi connectivity index (χ2v) is 11.4. The monoisotopic (exact) mass is 441 g/mol. The summed E-state index contributed by atoms with van der Waals surface area (Å²) in [6, 6.07) is -0.0875. The Bertz CT molecular complexity index is 860. The van der Waals surface area contributed by atoms with Gasteiger partial charge in [0, 0.05) is 23.5 Å². The van der Waals surface area contributed by atoms with E-state index in [1.807, 2.05) is 19.9 Å². The second kappa shape index (κ2) is 8.46. The maximum Gasteiger partial charge on any atom is 0.331 e. The lowest BCUT2D eigenvalue weighted by atomic mass is 9.48. The van der Waals surface area contributed by atoms with Gasteiger partial charge in [-0.25, -0.2) is 4.79 Å². The van der Waals surface area contributed by atoms with E-state index in [0.29, 0.717) is 29.7 Å². The fourth-order valence-electron chi connectivity index (χ4n) is 7.91. The molecule has 2 fully saturated rings. The first-order chi connectivity index (χ1) is 15.2. The van der Waals surface area contributed by atoms with Gasteiger partial charge < -0.3 is 15.2 Å². The van der Waals surface area contributed by atoms with Gasteiger partial charge in [0.2, 0.25) is 5.91 Å². The molecule has 4 aliphatic rings. The molecule has 0 saturated heterocycles. The molecule has 0 aromatic carbocycles. The van der Waals surface area contributed by atoms with Gasteiger partial charge in [0.05, 0.1) is 0 Å². The number of nitrogens with one attached hydrogen (secondary N) is 1. The summed E-state index contributed by atoms with van der Waals surface area (Å²) in [6.45, 7) is 8.59. The molecule has 32 heavy (non-hydrogen) atoms. The van der Waals surface area contributed by atoms with Crippen LogP contribution in [0.15, 0.2) is 23.3 Å². The number of hydrogen-bond acceptors (Lipinski definition) is 3. The standard InChI is InChI=1S/C27H39NO4/c1-5-23(16(2)15-29)28-24(30)22-9-8-20-19-7-6-18-14-17(25(31)32)10-12-26(18,3)21(19)11-13-27(20,22)4/h6,14-16,19-23H,5,7-13H2,1-4H3,(H,28,30)(H,31,32)/t16?,19-,20-,21-,22+,23?,26-,27-/m0/s1. The SMILES string of the molecule is CCC(NC(=O)[C@H]1CC[C@H]2[C@@H]3CC=C4C=C(C(=O)O)CC[C@]4(C)[C@H]3CC[C@]12C)C(C)C=O. The summed E-state index contributed by atoms with van der Waals surface area (Å²) in [5.41, 5.74) is 1.83. The molecule has 0 bridgehead atoms. The van der Waals surface area contributed by atoms with Crippen molar-refractivity contribution in [1.82, 2.24) is 5.32 Å². The van der Waals surface area contributed by atoms with E-state index < -0.39 is 5.97 Å². The zero-order valence-electron chi connectivity index (χ0n) is 20.0. The van der Waals surface area contributed by atoms with E-state index in [0.717, 1.165) is 51.2 Å². The highest BCUT2D eigenvalue weighted by molar-refractivity contribution is 5.87. The fraction of sp³-hybridized carbons (Fsp3) is 0.741. The topological polar surface area (TPSA) is 83.5 Å². The second-order valence-electron chi connectivity index (χ2n) is 11.4. The minimum Gasteiger partial charge on any atom is -0.478 e. The van der Waals surface area contributed by atoms with Crippen molar-refractivity contribution in [2.75, 3.05) is 0 Å². The Balaban J connectivity index is 1.55. The van der Waals surface area contributed by atoms with Crippen LogP contribution in [0, 0.1) is 40.4 Å². The average molecular weight is 442 g/mol. The van der Waals surface area contributed by atoms with Crippen molar-refractivity contribution in [3.05, 3.63) is 23.3 Å². The Labute approximate surface area is 192 Å². The summed E-state index contributed by atoms with van der Waals surface area (Å²) in [5, 5.41) is 12.7. The first-order valence-corrected chi connectivity index (χ1v) is 12.6. The normalized spacial score (nSPS) is 40.0. The van der Waals surface area contributed by atoms with Crippen LogP contribution >= 0.6 is 0 Å². The molecule has 176 valence electrons. The van der Waals surface area contributed by atoms with Crippen molar-refractivity contribution in [2.24, 2.45) is 40.4 Å². The molecule has 2 unspecified atom stereocenters. The zero-order chi connectivity index (χ0) is 23.3. The Kier molecular flexibility index (Phi) is 6.15. The van der Waals surface area contributed by atoms with Crippen molar-refractivity contribution in [3.8, 4) is 0 Å². The number of amides is 1. The maximum absolute atomic E-state index is 13.3. The lowest BCUT2D eigenvalue weighted by Gasteiger charge is -2.57. The van der Waals surface area contributed by atoms with Crippen LogP contribution in [0.4, 0.5) is 0 Å². The van der Waals surface area contributed by atoms with Crippen LogP contribution in [0.5, 0.6) is 0 Å². The van der Waals surface area contributed by atoms with Crippen molar-refractivity contribution >= 4 is 18.2 Å². The fourth-order valence-corrected chi connectivity index (χ4v) is 7.91. The highest BCUT2D eigenvalue weighted by Gasteiger charge is 2.59. The van der Waals surface area contributed by atoms with Gasteiger partial charge in [-0.15, -0.1) is 0 Å². The number of allylic oxidation sites excluding steroid dienone is 3. The van der Waals surface area contributed by atoms with Crippen LogP contribution < -0.4 is 5.32 Å². The lowest BCUT2D eigenvalue weighted by Crippen LogP contribution is -2.52. The maximum atomic E-state index is 13.3. The Morgan fingerprint density at radius 1 is 1.22 bits per heavy atom. The molecule has 5 heteroatoms. The third kappa shape index (κ3) is 3.56. The highest BCUT2D eigenvalue weighted by atomic mass is 16.4. The average Bonchev–Trinajstić information content (AvgIpc) is 3.13. The quantitative estimate of drug-likeness (QED) is 0.573. The molecular weight excluding hydrogens is 402 g/mol. The number of hydrogen-bond donors (Lipinski definition) is 2. The van der Waals surface area contributed by atoms with Crippen molar-refractivity contribution in [3.63, 3.8) is 0 Å². The third-order valence-corrected chi connectivity index (χ3v) is 9.98. The van der Waals surface area contributed by atoms with Gasteiger partial charge in [-0.3, -0.25) is 4.79 Å². The summed E-state index contributed by atoms with van der Waals surface area (Å²) < 4.78 is 0. The van der Waals surface area contributed by atoms with Gasteiger partial charge in [-0.2, -0.15) is 0 Å². The van der Waals surface area contributed by atoms with Gasteiger partial charge in [0.15, 0.2) is 0 Å². The van der Waals surface area contributed by atoms with Crippen molar-refractivity contribution < 1.29 is 19.5 Å². The number of carbonyl (C=O) groups excluding carboxylic acids is 2. The van der Waals surface area contributed by atoms with Gasteiger partial charge in [-0.1, -0.05) is 33.8 Å². The van der Waals surface area contributed by atoms with E-state index in [9.17, 15) is 19.5 Å². The summed E-state index contributed by atoms with van der Waals surface area (Å²) in [7, 11) is 0. The van der Waals surface area contributed by atoms with E-state index in [4.69, 9.17) is 0 Å².